The fourth-order valence-corrected chi connectivity index (χ4v) is 3.86. The van der Waals surface area contributed by atoms with Crippen LogP contribution in [0.1, 0.15) is 22.2 Å². The van der Waals surface area contributed by atoms with Gasteiger partial charge < -0.3 is 9.26 Å². The summed E-state index contributed by atoms with van der Waals surface area (Å²) >= 11 is 7.43. The summed E-state index contributed by atoms with van der Waals surface area (Å²) in [5.41, 5.74) is 2.86. The Balaban J connectivity index is 1.18. The summed E-state index contributed by atoms with van der Waals surface area (Å²) in [5, 5.41) is 11.7. The van der Waals surface area contributed by atoms with Crippen LogP contribution in [0.5, 0.6) is 5.75 Å². The fourth-order valence-electron chi connectivity index (χ4n) is 3.03. The molecular weight excluding hydrogens is 448 g/mol. The van der Waals surface area contributed by atoms with Crippen LogP contribution in [0.3, 0.4) is 0 Å². The first-order chi connectivity index (χ1) is 15.7. The number of nitrogens with zero attached hydrogens (tertiary/aromatic N) is 6. The summed E-state index contributed by atoms with van der Waals surface area (Å²) in [7, 11) is 0. The van der Waals surface area contributed by atoms with E-state index in [0.717, 1.165) is 27.6 Å². The molecule has 0 radical (unpaired) electrons. The standard InChI is InChI=1S/C22H17ClN6O2S/c23-17-5-7-19(8-6-17)30-11-21-26-18(12-32-21)9-20-27-22(28-31-20)16-3-1-15(2-4-16)10-29-14-24-13-25-29/h1-8,12-14H,9-11H2. The minimum atomic E-state index is 0.391. The lowest BCUT2D eigenvalue weighted by atomic mass is 10.1. The van der Waals surface area contributed by atoms with Crippen molar-refractivity contribution in [2.75, 3.05) is 0 Å². The lowest BCUT2D eigenvalue weighted by Crippen LogP contribution is -1.99. The third kappa shape index (κ3) is 5.01. The second kappa shape index (κ2) is 9.29. The molecule has 2 aromatic carbocycles. The van der Waals surface area contributed by atoms with Crippen LogP contribution in [0.25, 0.3) is 11.4 Å². The van der Waals surface area contributed by atoms with Crippen molar-refractivity contribution in [1.29, 1.82) is 0 Å². The van der Waals surface area contributed by atoms with Crippen LogP contribution in [-0.4, -0.2) is 29.9 Å². The molecule has 0 fully saturated rings. The molecule has 3 heterocycles. The topological polar surface area (TPSA) is 91.8 Å². The van der Waals surface area contributed by atoms with Crippen molar-refractivity contribution in [2.24, 2.45) is 0 Å². The van der Waals surface area contributed by atoms with E-state index in [1.165, 1.54) is 17.7 Å². The number of rotatable bonds is 8. The summed E-state index contributed by atoms with van der Waals surface area (Å²) < 4.78 is 12.9. The molecule has 3 aromatic heterocycles. The van der Waals surface area contributed by atoms with Gasteiger partial charge in [-0.25, -0.2) is 14.6 Å². The van der Waals surface area contributed by atoms with Gasteiger partial charge in [0.25, 0.3) is 0 Å². The van der Waals surface area contributed by atoms with Gasteiger partial charge in [0.2, 0.25) is 11.7 Å². The van der Waals surface area contributed by atoms with Gasteiger partial charge in [-0.3, -0.25) is 0 Å². The summed E-state index contributed by atoms with van der Waals surface area (Å²) in [6.45, 7) is 1.05. The largest absolute Gasteiger partial charge is 0.486 e. The fraction of sp³-hybridized carbons (Fsp3) is 0.136. The van der Waals surface area contributed by atoms with Gasteiger partial charge >= 0.3 is 0 Å². The smallest absolute Gasteiger partial charge is 0.233 e. The van der Waals surface area contributed by atoms with Gasteiger partial charge in [-0.05, 0) is 29.8 Å². The molecule has 0 spiro atoms. The van der Waals surface area contributed by atoms with Crippen LogP contribution in [0, 0.1) is 0 Å². The molecule has 160 valence electrons. The Morgan fingerprint density at radius 2 is 1.88 bits per heavy atom. The highest BCUT2D eigenvalue weighted by Crippen LogP contribution is 2.21. The Hall–Kier alpha value is -3.56. The van der Waals surface area contributed by atoms with E-state index in [2.05, 4.69) is 25.2 Å². The number of thiazole rings is 1. The quantitative estimate of drug-likeness (QED) is 0.330. The van der Waals surface area contributed by atoms with Gasteiger partial charge in [0.1, 0.15) is 30.0 Å². The number of hydrogen-bond donors (Lipinski definition) is 0. The molecule has 8 nitrogen and oxygen atoms in total. The van der Waals surface area contributed by atoms with E-state index >= 15 is 0 Å². The zero-order chi connectivity index (χ0) is 21.8. The van der Waals surface area contributed by atoms with Crippen LogP contribution in [0.2, 0.25) is 5.02 Å². The Labute approximate surface area is 192 Å². The summed E-state index contributed by atoms with van der Waals surface area (Å²) in [6, 6.07) is 15.2. The predicted octanol–water partition coefficient (Wildman–Crippen LogP) is 4.66. The zero-order valence-corrected chi connectivity index (χ0v) is 18.3. The summed E-state index contributed by atoms with van der Waals surface area (Å²) in [5.74, 6) is 1.82. The zero-order valence-electron chi connectivity index (χ0n) is 16.8. The van der Waals surface area contributed by atoms with Crippen molar-refractivity contribution in [3.8, 4) is 17.1 Å². The molecule has 5 aromatic rings. The van der Waals surface area contributed by atoms with E-state index in [1.54, 1.807) is 23.1 Å². The second-order valence-electron chi connectivity index (χ2n) is 6.95. The molecule has 10 heteroatoms. The molecule has 0 aliphatic carbocycles. The number of benzene rings is 2. The van der Waals surface area contributed by atoms with Gasteiger partial charge in [0, 0.05) is 16.0 Å². The van der Waals surface area contributed by atoms with Crippen LogP contribution in [-0.2, 0) is 19.6 Å². The maximum absolute atomic E-state index is 5.89. The number of halogens is 1. The Morgan fingerprint density at radius 3 is 2.66 bits per heavy atom. The highest BCUT2D eigenvalue weighted by atomic mass is 35.5. The van der Waals surface area contributed by atoms with Crippen molar-refractivity contribution in [2.45, 2.75) is 19.6 Å². The van der Waals surface area contributed by atoms with Crippen LogP contribution >= 0.6 is 22.9 Å². The third-order valence-corrected chi connectivity index (χ3v) is 5.72. The van der Waals surface area contributed by atoms with Crippen molar-refractivity contribution in [3.05, 3.63) is 93.7 Å². The third-order valence-electron chi connectivity index (χ3n) is 4.60. The lowest BCUT2D eigenvalue weighted by Gasteiger charge is -2.03. The van der Waals surface area contributed by atoms with E-state index in [1.807, 2.05) is 41.8 Å². The molecule has 0 saturated heterocycles. The van der Waals surface area contributed by atoms with E-state index in [4.69, 9.17) is 20.9 Å². The highest BCUT2D eigenvalue weighted by Gasteiger charge is 2.12. The van der Waals surface area contributed by atoms with E-state index < -0.39 is 0 Å². The molecule has 0 bridgehead atoms. The molecule has 32 heavy (non-hydrogen) atoms. The second-order valence-corrected chi connectivity index (χ2v) is 8.33. The van der Waals surface area contributed by atoms with E-state index in [9.17, 15) is 0 Å². The molecule has 0 saturated carbocycles. The molecule has 0 aliphatic rings. The van der Waals surface area contributed by atoms with Gasteiger partial charge in [-0.2, -0.15) is 10.1 Å². The van der Waals surface area contributed by atoms with Crippen LogP contribution < -0.4 is 4.74 Å². The van der Waals surface area contributed by atoms with Crippen LogP contribution in [0.4, 0.5) is 0 Å². The first-order valence-electron chi connectivity index (χ1n) is 9.77. The summed E-state index contributed by atoms with van der Waals surface area (Å²) in [6.07, 6.45) is 3.68. The monoisotopic (exact) mass is 464 g/mol. The molecule has 0 aliphatic heterocycles. The molecular formula is C22H17ClN6O2S. The highest BCUT2D eigenvalue weighted by molar-refractivity contribution is 7.09. The average molecular weight is 465 g/mol. The van der Waals surface area contributed by atoms with E-state index in [0.29, 0.717) is 36.3 Å². The normalized spacial score (nSPS) is 11.0. The molecule has 0 unspecified atom stereocenters. The Bertz CT molecular complexity index is 1280. The first-order valence-corrected chi connectivity index (χ1v) is 11.0. The SMILES string of the molecule is Clc1ccc(OCc2nc(Cc3nc(-c4ccc(Cn5cncn5)cc4)no3)cs2)cc1. The van der Waals surface area contributed by atoms with Crippen molar-refractivity contribution in [1.82, 2.24) is 29.9 Å². The predicted molar refractivity (Wildman–Crippen MR) is 120 cm³/mol. The number of ether oxygens (including phenoxy) is 1. The van der Waals surface area contributed by atoms with Crippen molar-refractivity contribution in [3.63, 3.8) is 0 Å². The maximum atomic E-state index is 5.89. The lowest BCUT2D eigenvalue weighted by molar-refractivity contribution is 0.305. The van der Waals surface area contributed by atoms with Crippen molar-refractivity contribution >= 4 is 22.9 Å². The van der Waals surface area contributed by atoms with Crippen LogP contribution in [0.15, 0.2) is 71.1 Å². The minimum Gasteiger partial charge on any atom is -0.486 e. The molecule has 0 amide bonds. The molecule has 5 rings (SSSR count). The molecule has 0 N–H and O–H groups in total. The number of aromatic nitrogens is 6. The van der Waals surface area contributed by atoms with Gasteiger partial charge in [0.15, 0.2) is 0 Å². The maximum Gasteiger partial charge on any atom is 0.233 e. The van der Waals surface area contributed by atoms with Gasteiger partial charge in [-0.1, -0.05) is 41.0 Å². The first kappa shape index (κ1) is 20.3. The Kier molecular flexibility index (Phi) is 5.91. The number of hydrogen-bond acceptors (Lipinski definition) is 8. The Morgan fingerprint density at radius 1 is 1.03 bits per heavy atom. The minimum absolute atomic E-state index is 0.391. The average Bonchev–Trinajstić information content (AvgIpc) is 3.57. The van der Waals surface area contributed by atoms with Gasteiger partial charge in [0.05, 0.1) is 18.7 Å². The van der Waals surface area contributed by atoms with E-state index in [-0.39, 0.29) is 0 Å². The summed E-state index contributed by atoms with van der Waals surface area (Å²) in [4.78, 5) is 13.1. The van der Waals surface area contributed by atoms with Gasteiger partial charge in [-0.15, -0.1) is 11.3 Å². The molecule has 0 atom stereocenters. The van der Waals surface area contributed by atoms with Crippen molar-refractivity contribution < 1.29 is 9.26 Å².